The second kappa shape index (κ2) is 12.3. The van der Waals surface area contributed by atoms with Crippen LogP contribution < -0.4 is 14.8 Å². The van der Waals surface area contributed by atoms with Crippen molar-refractivity contribution in [2.24, 2.45) is 0 Å². The second-order valence-corrected chi connectivity index (χ2v) is 8.75. The van der Waals surface area contributed by atoms with Gasteiger partial charge in [0.25, 0.3) is 5.91 Å². The molecule has 1 amide bonds. The minimum atomic E-state index is -0.126. The van der Waals surface area contributed by atoms with Gasteiger partial charge in [-0.05, 0) is 55.3 Å². The van der Waals surface area contributed by atoms with Crippen LogP contribution >= 0.6 is 11.6 Å². The van der Waals surface area contributed by atoms with Crippen molar-refractivity contribution in [3.05, 3.63) is 89.2 Å². The fourth-order valence-electron chi connectivity index (χ4n) is 4.04. The third kappa shape index (κ3) is 6.76. The van der Waals surface area contributed by atoms with Crippen LogP contribution in [0.15, 0.2) is 72.8 Å². The molecule has 0 unspecified atom stereocenters. The van der Waals surface area contributed by atoms with Gasteiger partial charge in [0, 0.05) is 23.6 Å². The van der Waals surface area contributed by atoms with Crippen LogP contribution in [-0.4, -0.2) is 35.7 Å². The Morgan fingerprint density at radius 1 is 0.971 bits per heavy atom. The number of fused-ring (bicyclic) bond motifs is 1. The van der Waals surface area contributed by atoms with Gasteiger partial charge in [0.05, 0.1) is 24.7 Å². The number of carbonyl (C=O) groups excluding carboxylic acids is 1. The average molecular weight is 492 g/mol. The summed E-state index contributed by atoms with van der Waals surface area (Å²) in [5.41, 5.74) is 3.26. The van der Waals surface area contributed by atoms with Crippen molar-refractivity contribution >= 4 is 28.5 Å². The van der Waals surface area contributed by atoms with E-state index in [4.69, 9.17) is 26.1 Å². The number of imidazole rings is 1. The third-order valence-corrected chi connectivity index (χ3v) is 6.09. The number of carbonyl (C=O) groups is 1. The van der Waals surface area contributed by atoms with Gasteiger partial charge in [0.2, 0.25) is 0 Å². The molecule has 6 nitrogen and oxygen atoms in total. The van der Waals surface area contributed by atoms with E-state index in [1.54, 1.807) is 31.4 Å². The quantitative estimate of drug-likeness (QED) is 0.260. The van der Waals surface area contributed by atoms with Crippen molar-refractivity contribution in [1.29, 1.82) is 0 Å². The van der Waals surface area contributed by atoms with Crippen LogP contribution in [0, 0.1) is 0 Å². The number of ether oxygens (including phenoxy) is 2. The van der Waals surface area contributed by atoms with Crippen LogP contribution in [0.3, 0.4) is 0 Å². The van der Waals surface area contributed by atoms with Crippen molar-refractivity contribution in [3.8, 4) is 11.5 Å². The van der Waals surface area contributed by atoms with Crippen molar-refractivity contribution in [2.75, 3.05) is 20.3 Å². The van der Waals surface area contributed by atoms with E-state index >= 15 is 0 Å². The smallest absolute Gasteiger partial charge is 0.257 e. The molecular weight excluding hydrogens is 462 g/mol. The first-order valence-corrected chi connectivity index (χ1v) is 12.2. The Balaban J connectivity index is 1.26. The maximum Gasteiger partial charge on any atom is 0.257 e. The molecule has 1 N–H and O–H groups in total. The molecule has 7 heteroatoms. The highest BCUT2D eigenvalue weighted by molar-refractivity contribution is 6.30. The average Bonchev–Trinajstić information content (AvgIpc) is 3.23. The van der Waals surface area contributed by atoms with Crippen molar-refractivity contribution in [2.45, 2.75) is 32.2 Å². The number of hydrogen-bond donors (Lipinski definition) is 1. The first-order valence-electron chi connectivity index (χ1n) is 11.8. The lowest BCUT2D eigenvalue weighted by Gasteiger charge is -2.12. The second-order valence-electron chi connectivity index (χ2n) is 8.32. The van der Waals surface area contributed by atoms with Gasteiger partial charge in [-0.25, -0.2) is 4.98 Å². The maximum absolute atomic E-state index is 12.0. The molecule has 4 rings (SSSR count). The zero-order valence-corrected chi connectivity index (χ0v) is 20.6. The van der Waals surface area contributed by atoms with Crippen molar-refractivity contribution < 1.29 is 14.3 Å². The normalized spacial score (nSPS) is 10.9. The van der Waals surface area contributed by atoms with Crippen LogP contribution in [0.2, 0.25) is 5.02 Å². The predicted octanol–water partition coefficient (Wildman–Crippen LogP) is 5.65. The lowest BCUT2D eigenvalue weighted by Crippen LogP contribution is -2.29. The SMILES string of the molecule is COc1ccccc1Cn1c(CCCCCNC(=O)COc2ccc(Cl)cc2)nc2ccccc21. The van der Waals surface area contributed by atoms with E-state index in [2.05, 4.69) is 28.1 Å². The van der Waals surface area contributed by atoms with Crippen molar-refractivity contribution in [3.63, 3.8) is 0 Å². The number of halogens is 1. The molecule has 0 fully saturated rings. The maximum atomic E-state index is 12.0. The zero-order valence-electron chi connectivity index (χ0n) is 19.9. The summed E-state index contributed by atoms with van der Waals surface area (Å²) >= 11 is 5.86. The van der Waals surface area contributed by atoms with Crippen LogP contribution in [0.25, 0.3) is 11.0 Å². The van der Waals surface area contributed by atoms with Crippen LogP contribution in [0.5, 0.6) is 11.5 Å². The fourth-order valence-corrected chi connectivity index (χ4v) is 4.17. The standard InChI is InChI=1S/C28H30ClN3O3/c1-34-26-12-7-4-9-21(26)19-32-25-11-6-5-10-24(25)31-27(32)13-3-2-8-18-30-28(33)20-35-23-16-14-22(29)15-17-23/h4-7,9-12,14-17H,2-3,8,13,18-20H2,1H3,(H,30,33). The highest BCUT2D eigenvalue weighted by Gasteiger charge is 2.13. The third-order valence-electron chi connectivity index (χ3n) is 5.84. The Morgan fingerprint density at radius 2 is 1.74 bits per heavy atom. The zero-order chi connectivity index (χ0) is 24.5. The number of para-hydroxylation sites is 3. The molecule has 0 aliphatic rings. The lowest BCUT2D eigenvalue weighted by molar-refractivity contribution is -0.123. The number of aromatic nitrogens is 2. The number of nitrogens with zero attached hydrogens (tertiary/aromatic N) is 2. The molecule has 1 aromatic heterocycles. The highest BCUT2D eigenvalue weighted by Crippen LogP contribution is 2.24. The van der Waals surface area contributed by atoms with E-state index in [0.717, 1.165) is 53.9 Å². The Hall–Kier alpha value is -3.51. The number of benzene rings is 3. The molecule has 1 heterocycles. The largest absolute Gasteiger partial charge is 0.496 e. The van der Waals surface area contributed by atoms with E-state index in [9.17, 15) is 4.79 Å². The summed E-state index contributed by atoms with van der Waals surface area (Å²) < 4.78 is 13.3. The molecule has 35 heavy (non-hydrogen) atoms. The number of methoxy groups -OCH3 is 1. The van der Waals surface area contributed by atoms with Crippen LogP contribution in [-0.2, 0) is 17.8 Å². The van der Waals surface area contributed by atoms with Gasteiger partial charge >= 0.3 is 0 Å². The van der Waals surface area contributed by atoms with Crippen molar-refractivity contribution in [1.82, 2.24) is 14.9 Å². The van der Waals surface area contributed by atoms with E-state index in [1.165, 1.54) is 0 Å². The number of nitrogens with one attached hydrogen (secondary N) is 1. The number of rotatable bonds is 12. The van der Waals surface area contributed by atoms with E-state index < -0.39 is 0 Å². The summed E-state index contributed by atoms with van der Waals surface area (Å²) in [6.07, 6.45) is 3.76. The van der Waals surface area contributed by atoms with Gasteiger partial charge in [0.1, 0.15) is 17.3 Å². The molecule has 0 saturated heterocycles. The molecule has 0 bridgehead atoms. The topological polar surface area (TPSA) is 65.4 Å². The summed E-state index contributed by atoms with van der Waals surface area (Å²) in [5, 5.41) is 3.55. The molecule has 0 atom stereocenters. The Bertz CT molecular complexity index is 1250. The fraction of sp³-hybridized carbons (Fsp3) is 0.286. The summed E-state index contributed by atoms with van der Waals surface area (Å²) in [7, 11) is 1.70. The van der Waals surface area contributed by atoms with Gasteiger partial charge < -0.3 is 19.4 Å². The minimum Gasteiger partial charge on any atom is -0.496 e. The van der Waals surface area contributed by atoms with Gasteiger partial charge in [-0.1, -0.05) is 48.4 Å². The van der Waals surface area contributed by atoms with Gasteiger partial charge in [-0.3, -0.25) is 4.79 Å². The number of unbranched alkanes of at least 4 members (excludes halogenated alkanes) is 2. The van der Waals surface area contributed by atoms with Gasteiger partial charge in [-0.2, -0.15) is 0 Å². The highest BCUT2D eigenvalue weighted by atomic mass is 35.5. The number of hydrogen-bond acceptors (Lipinski definition) is 4. The molecule has 0 radical (unpaired) electrons. The Morgan fingerprint density at radius 3 is 2.57 bits per heavy atom. The van der Waals surface area contributed by atoms with Crippen LogP contribution in [0.1, 0.15) is 30.7 Å². The van der Waals surface area contributed by atoms with E-state index in [-0.39, 0.29) is 12.5 Å². The Labute approximate surface area is 210 Å². The molecular formula is C28H30ClN3O3. The molecule has 0 aliphatic carbocycles. The first kappa shape index (κ1) is 24.6. The van der Waals surface area contributed by atoms with E-state index in [0.29, 0.717) is 23.9 Å². The molecule has 182 valence electrons. The van der Waals surface area contributed by atoms with Gasteiger partial charge in [-0.15, -0.1) is 0 Å². The lowest BCUT2D eigenvalue weighted by atomic mass is 10.1. The predicted molar refractivity (Wildman–Crippen MR) is 139 cm³/mol. The monoisotopic (exact) mass is 491 g/mol. The molecule has 4 aromatic rings. The van der Waals surface area contributed by atoms with Gasteiger partial charge in [0.15, 0.2) is 6.61 Å². The summed E-state index contributed by atoms with van der Waals surface area (Å²) in [6, 6.07) is 23.3. The minimum absolute atomic E-state index is 0.00535. The molecule has 0 saturated carbocycles. The summed E-state index contributed by atoms with van der Waals surface area (Å²) in [4.78, 5) is 16.9. The van der Waals surface area contributed by atoms with Crippen LogP contribution in [0.4, 0.5) is 0 Å². The molecule has 3 aromatic carbocycles. The van der Waals surface area contributed by atoms with E-state index in [1.807, 2.05) is 30.3 Å². The number of aryl methyl sites for hydroxylation is 1. The summed E-state index contributed by atoms with van der Waals surface area (Å²) in [5.74, 6) is 2.45. The molecule has 0 aliphatic heterocycles. The summed E-state index contributed by atoms with van der Waals surface area (Å²) in [6.45, 7) is 1.33. The Kier molecular flexibility index (Phi) is 8.63. The first-order chi connectivity index (χ1) is 17.1. The number of amides is 1. The molecule has 0 spiro atoms.